The van der Waals surface area contributed by atoms with E-state index in [1.165, 1.54) is 19.3 Å². The van der Waals surface area contributed by atoms with Crippen molar-refractivity contribution in [3.63, 3.8) is 0 Å². The number of hydrogen-bond donors (Lipinski definition) is 1. The second-order valence-corrected chi connectivity index (χ2v) is 7.15. The van der Waals surface area contributed by atoms with Crippen LogP contribution in [0.4, 0.5) is 0 Å². The predicted octanol–water partition coefficient (Wildman–Crippen LogP) is 4.08. The Balaban J connectivity index is 1.61. The smallest absolute Gasteiger partial charge is 0.0104 e. The number of rotatable bonds is 7. The molecule has 0 aromatic heterocycles. The Labute approximate surface area is 113 Å². The van der Waals surface area contributed by atoms with Gasteiger partial charge in [0, 0.05) is 6.04 Å². The lowest BCUT2D eigenvalue weighted by Crippen LogP contribution is -2.35. The first-order chi connectivity index (χ1) is 8.80. The van der Waals surface area contributed by atoms with Gasteiger partial charge in [-0.3, -0.25) is 0 Å². The van der Waals surface area contributed by atoms with Crippen LogP contribution in [0.15, 0.2) is 0 Å². The molecule has 2 bridgehead atoms. The minimum atomic E-state index is 0.846. The van der Waals surface area contributed by atoms with Gasteiger partial charge in [-0.25, -0.2) is 0 Å². The van der Waals surface area contributed by atoms with E-state index in [9.17, 15) is 0 Å². The van der Waals surface area contributed by atoms with E-state index in [4.69, 9.17) is 0 Å². The molecule has 0 spiro atoms. The minimum absolute atomic E-state index is 0.846. The first kappa shape index (κ1) is 13.0. The highest BCUT2D eigenvalue weighted by Crippen LogP contribution is 2.70. The Morgan fingerprint density at radius 1 is 1.00 bits per heavy atom. The van der Waals surface area contributed by atoms with E-state index in [0.29, 0.717) is 0 Å². The highest BCUT2D eigenvalue weighted by atomic mass is 14.9. The van der Waals surface area contributed by atoms with E-state index in [1.54, 1.807) is 19.3 Å². The van der Waals surface area contributed by atoms with Crippen LogP contribution in [0.1, 0.15) is 59.3 Å². The third-order valence-electron chi connectivity index (χ3n) is 6.47. The Hall–Kier alpha value is -0.0400. The summed E-state index contributed by atoms with van der Waals surface area (Å²) in [6, 6.07) is 0.846. The standard InChI is InChI=1S/C17H31N/c1-4-11(5-2)9-14(18-6-3)17-15-12-7-8-13(10-12)16(15)17/h11-18H,4-10H2,1-3H3. The van der Waals surface area contributed by atoms with Gasteiger partial charge in [0.25, 0.3) is 0 Å². The molecule has 3 rings (SSSR count). The minimum Gasteiger partial charge on any atom is -0.314 e. The van der Waals surface area contributed by atoms with Crippen LogP contribution < -0.4 is 5.32 Å². The summed E-state index contributed by atoms with van der Waals surface area (Å²) in [4.78, 5) is 0. The Morgan fingerprint density at radius 2 is 1.61 bits per heavy atom. The molecule has 1 nitrogen and oxygen atoms in total. The molecule has 0 heterocycles. The van der Waals surface area contributed by atoms with Crippen molar-refractivity contribution in [1.82, 2.24) is 5.32 Å². The zero-order valence-corrected chi connectivity index (χ0v) is 12.5. The van der Waals surface area contributed by atoms with Crippen LogP contribution in [-0.2, 0) is 0 Å². The van der Waals surface area contributed by atoms with Gasteiger partial charge in [-0.05, 0) is 67.7 Å². The molecule has 0 radical (unpaired) electrons. The SMILES string of the molecule is CCNC(CC(CC)CC)C1C2C3CCC(C3)C21. The number of fused-ring (bicyclic) bond motifs is 5. The van der Waals surface area contributed by atoms with Gasteiger partial charge in [-0.2, -0.15) is 0 Å². The molecule has 0 aliphatic heterocycles. The molecule has 3 aliphatic carbocycles. The van der Waals surface area contributed by atoms with Crippen LogP contribution in [0.3, 0.4) is 0 Å². The molecule has 3 aliphatic rings. The normalized spacial score (nSPS) is 42.3. The molecular weight excluding hydrogens is 218 g/mol. The fourth-order valence-electron chi connectivity index (χ4n) is 5.55. The maximum absolute atomic E-state index is 3.84. The molecule has 1 heteroatoms. The van der Waals surface area contributed by atoms with Crippen molar-refractivity contribution >= 4 is 0 Å². The maximum Gasteiger partial charge on any atom is 0.0104 e. The monoisotopic (exact) mass is 249 g/mol. The Bertz CT molecular complexity index is 267. The third kappa shape index (κ3) is 2.03. The van der Waals surface area contributed by atoms with Crippen molar-refractivity contribution in [3.8, 4) is 0 Å². The van der Waals surface area contributed by atoms with Crippen molar-refractivity contribution in [2.75, 3.05) is 6.54 Å². The largest absolute Gasteiger partial charge is 0.314 e. The highest BCUT2D eigenvalue weighted by molar-refractivity contribution is 5.15. The van der Waals surface area contributed by atoms with E-state index >= 15 is 0 Å². The molecule has 104 valence electrons. The lowest BCUT2D eigenvalue weighted by atomic mass is 9.88. The van der Waals surface area contributed by atoms with Crippen molar-refractivity contribution in [1.29, 1.82) is 0 Å². The van der Waals surface area contributed by atoms with Gasteiger partial charge in [-0.1, -0.05) is 33.6 Å². The highest BCUT2D eigenvalue weighted by Gasteiger charge is 2.66. The molecule has 0 amide bonds. The van der Waals surface area contributed by atoms with Crippen LogP contribution in [0, 0.1) is 35.5 Å². The number of nitrogens with one attached hydrogen (secondary N) is 1. The fraction of sp³-hybridized carbons (Fsp3) is 1.00. The summed E-state index contributed by atoms with van der Waals surface area (Å²) in [5, 5.41) is 3.84. The van der Waals surface area contributed by atoms with Crippen LogP contribution in [0.5, 0.6) is 0 Å². The Morgan fingerprint density at radius 3 is 2.11 bits per heavy atom. The van der Waals surface area contributed by atoms with Crippen LogP contribution >= 0.6 is 0 Å². The molecule has 18 heavy (non-hydrogen) atoms. The van der Waals surface area contributed by atoms with Crippen molar-refractivity contribution in [2.24, 2.45) is 35.5 Å². The summed E-state index contributed by atoms with van der Waals surface area (Å²) in [6.45, 7) is 8.19. The maximum atomic E-state index is 3.84. The van der Waals surface area contributed by atoms with E-state index in [0.717, 1.165) is 48.1 Å². The lowest BCUT2D eigenvalue weighted by Gasteiger charge is -2.25. The molecule has 5 atom stereocenters. The zero-order chi connectivity index (χ0) is 12.7. The van der Waals surface area contributed by atoms with Crippen molar-refractivity contribution in [2.45, 2.75) is 65.3 Å². The van der Waals surface area contributed by atoms with Crippen molar-refractivity contribution in [3.05, 3.63) is 0 Å². The molecule has 0 saturated heterocycles. The van der Waals surface area contributed by atoms with Crippen LogP contribution in [0.25, 0.3) is 0 Å². The summed E-state index contributed by atoms with van der Waals surface area (Å²) in [5.41, 5.74) is 0. The van der Waals surface area contributed by atoms with Gasteiger partial charge in [0.2, 0.25) is 0 Å². The lowest BCUT2D eigenvalue weighted by molar-refractivity contribution is 0.300. The second kappa shape index (κ2) is 5.15. The summed E-state index contributed by atoms with van der Waals surface area (Å²) in [5.74, 6) is 6.56. The average molecular weight is 249 g/mol. The summed E-state index contributed by atoms with van der Waals surface area (Å²) in [7, 11) is 0. The molecule has 5 unspecified atom stereocenters. The van der Waals surface area contributed by atoms with Gasteiger partial charge in [0.15, 0.2) is 0 Å². The predicted molar refractivity (Wildman–Crippen MR) is 77.5 cm³/mol. The summed E-state index contributed by atoms with van der Waals surface area (Å²) >= 11 is 0. The van der Waals surface area contributed by atoms with Gasteiger partial charge in [-0.15, -0.1) is 0 Å². The molecule has 3 saturated carbocycles. The van der Waals surface area contributed by atoms with E-state index in [2.05, 4.69) is 26.1 Å². The molecule has 1 N–H and O–H groups in total. The van der Waals surface area contributed by atoms with Crippen LogP contribution in [0.2, 0.25) is 0 Å². The zero-order valence-electron chi connectivity index (χ0n) is 12.5. The van der Waals surface area contributed by atoms with Gasteiger partial charge >= 0.3 is 0 Å². The van der Waals surface area contributed by atoms with Gasteiger partial charge < -0.3 is 5.32 Å². The molecule has 0 aromatic rings. The van der Waals surface area contributed by atoms with E-state index in [1.807, 2.05) is 0 Å². The summed E-state index contributed by atoms with van der Waals surface area (Å²) in [6.07, 6.45) is 8.90. The van der Waals surface area contributed by atoms with Gasteiger partial charge in [0.05, 0.1) is 0 Å². The van der Waals surface area contributed by atoms with Gasteiger partial charge in [0.1, 0.15) is 0 Å². The Kier molecular flexibility index (Phi) is 3.71. The molecule has 0 aromatic carbocycles. The van der Waals surface area contributed by atoms with Crippen molar-refractivity contribution < 1.29 is 0 Å². The van der Waals surface area contributed by atoms with Crippen LogP contribution in [-0.4, -0.2) is 12.6 Å². The third-order valence-corrected chi connectivity index (χ3v) is 6.47. The molecular formula is C17H31N. The first-order valence-corrected chi connectivity index (χ1v) is 8.53. The summed E-state index contributed by atoms with van der Waals surface area (Å²) < 4.78 is 0. The fourth-order valence-corrected chi connectivity index (χ4v) is 5.55. The first-order valence-electron chi connectivity index (χ1n) is 8.53. The second-order valence-electron chi connectivity index (χ2n) is 7.15. The van der Waals surface area contributed by atoms with E-state index in [-0.39, 0.29) is 0 Å². The topological polar surface area (TPSA) is 12.0 Å². The van der Waals surface area contributed by atoms with E-state index < -0.39 is 0 Å². The average Bonchev–Trinajstić information content (AvgIpc) is 2.82. The molecule has 3 fully saturated rings. The number of hydrogen-bond acceptors (Lipinski definition) is 1. The quantitative estimate of drug-likeness (QED) is 0.717.